The Balaban J connectivity index is 1.25. The molecule has 15 aromatic carbocycles. The number of aromatic nitrogens is 1. The minimum atomic E-state index is 0.940. The molecule has 0 saturated heterocycles. The van der Waals surface area contributed by atoms with Crippen molar-refractivity contribution in [2.45, 2.75) is 0 Å². The molecule has 0 amide bonds. The highest BCUT2D eigenvalue weighted by Gasteiger charge is 2.31. The first-order valence-electron chi connectivity index (χ1n) is 26.4. The minimum absolute atomic E-state index is 0.940. The van der Waals surface area contributed by atoms with Crippen molar-refractivity contribution in [1.82, 2.24) is 4.98 Å². The molecule has 0 saturated carbocycles. The maximum atomic E-state index is 6.48. The molecule has 0 aliphatic rings. The summed E-state index contributed by atoms with van der Waals surface area (Å²) in [6.45, 7) is 0. The molecular formula is C75H45N. The molecule has 0 N–H and O–H groups in total. The molecule has 76 heavy (non-hydrogen) atoms. The van der Waals surface area contributed by atoms with Gasteiger partial charge >= 0.3 is 0 Å². The third kappa shape index (κ3) is 6.36. The maximum Gasteiger partial charge on any atom is 0.0801 e. The Labute approximate surface area is 439 Å². The first-order valence-corrected chi connectivity index (χ1v) is 26.4. The summed E-state index contributed by atoms with van der Waals surface area (Å²) in [5.74, 6) is 0. The molecule has 0 aliphatic heterocycles. The molecule has 1 heterocycles. The Bertz CT molecular complexity index is 4860. The van der Waals surface area contributed by atoms with E-state index in [1.54, 1.807) is 0 Å². The van der Waals surface area contributed by atoms with E-state index >= 15 is 0 Å². The average molecular weight is 960 g/mol. The van der Waals surface area contributed by atoms with Gasteiger partial charge in [-0.2, -0.15) is 0 Å². The molecule has 0 radical (unpaired) electrons. The number of nitrogens with zero attached hydrogens (tertiary/aromatic N) is 1. The maximum absolute atomic E-state index is 6.48. The van der Waals surface area contributed by atoms with Gasteiger partial charge in [0.15, 0.2) is 0 Å². The van der Waals surface area contributed by atoms with E-state index in [-0.39, 0.29) is 0 Å². The molecule has 0 atom stereocenters. The normalized spacial score (nSPS) is 11.9. The van der Waals surface area contributed by atoms with Crippen LogP contribution in [-0.2, 0) is 0 Å². The quantitative estimate of drug-likeness (QED) is 0.157. The van der Waals surface area contributed by atoms with Crippen molar-refractivity contribution in [3.8, 4) is 55.9 Å². The number of fused-ring (bicyclic) bond motifs is 15. The molecule has 0 spiro atoms. The summed E-state index contributed by atoms with van der Waals surface area (Å²) in [4.78, 5) is 6.48. The van der Waals surface area contributed by atoms with Crippen LogP contribution in [0.1, 0.15) is 0 Å². The first kappa shape index (κ1) is 42.5. The summed E-state index contributed by atoms with van der Waals surface area (Å²) >= 11 is 0. The first-order chi connectivity index (χ1) is 37.7. The van der Waals surface area contributed by atoms with Gasteiger partial charge in [-0.15, -0.1) is 0 Å². The molecule has 0 aliphatic carbocycles. The number of benzene rings is 15. The Morgan fingerprint density at radius 1 is 0.158 bits per heavy atom. The highest BCUT2D eigenvalue weighted by atomic mass is 14.7. The Morgan fingerprint density at radius 2 is 0.342 bits per heavy atom. The number of rotatable bonds is 5. The van der Waals surface area contributed by atoms with Gasteiger partial charge in [0, 0.05) is 27.8 Å². The van der Waals surface area contributed by atoms with Gasteiger partial charge in [-0.25, -0.2) is 4.98 Å². The molecule has 0 bridgehead atoms. The second-order valence-electron chi connectivity index (χ2n) is 20.4. The molecule has 16 rings (SSSR count). The summed E-state index contributed by atoms with van der Waals surface area (Å²) < 4.78 is 0. The molecule has 0 unspecified atom stereocenters. The van der Waals surface area contributed by atoms with Crippen molar-refractivity contribution in [3.05, 3.63) is 273 Å². The Morgan fingerprint density at radius 3 is 0.605 bits per heavy atom. The van der Waals surface area contributed by atoms with E-state index in [0.29, 0.717) is 0 Å². The number of hydrogen-bond donors (Lipinski definition) is 0. The third-order valence-corrected chi connectivity index (χ3v) is 16.4. The largest absolute Gasteiger partial charge is 0.246 e. The SMILES string of the molecule is c1ccc2c(c1)cc(-c1nc(-c3cc4ccccc4c4ccccc34)c(-c3cc4ccccc4c4ccccc34)c(-c3cc4ccccc4c4ccccc34)c1-c1cc3ccccc3c3ccccc13)c1ccccc12. The van der Waals surface area contributed by atoms with Gasteiger partial charge in [0.2, 0.25) is 0 Å². The van der Waals surface area contributed by atoms with Crippen LogP contribution in [0.3, 0.4) is 0 Å². The number of hydrogen-bond acceptors (Lipinski definition) is 1. The van der Waals surface area contributed by atoms with E-state index in [4.69, 9.17) is 4.98 Å². The highest BCUT2D eigenvalue weighted by molar-refractivity contribution is 6.27. The standard InChI is InChI=1S/C75H45N/c1-6-26-51-46(21-1)41-66(61-36-16-11-31-56(51)61)71-72(67-42-47-22-2-7-27-52(47)57-32-12-17-37-62(57)67)74(69-44-49-24-4-9-29-54(49)59-34-14-19-39-64(59)69)76-75(70-45-50-25-5-10-30-55(50)60-35-15-20-40-65(60)70)73(71)68-43-48-23-3-8-28-53(48)58-33-13-18-38-63(58)68/h1-45H. The van der Waals surface area contributed by atoms with Crippen molar-refractivity contribution < 1.29 is 0 Å². The lowest BCUT2D eigenvalue weighted by Gasteiger charge is -2.27. The van der Waals surface area contributed by atoms with E-state index in [9.17, 15) is 0 Å². The van der Waals surface area contributed by atoms with Crippen LogP contribution in [0.4, 0.5) is 0 Å². The molecule has 1 aromatic heterocycles. The molecule has 16 aromatic rings. The van der Waals surface area contributed by atoms with Gasteiger partial charge in [0.25, 0.3) is 0 Å². The van der Waals surface area contributed by atoms with Crippen LogP contribution in [-0.4, -0.2) is 4.98 Å². The van der Waals surface area contributed by atoms with E-state index in [1.807, 2.05) is 0 Å². The fourth-order valence-electron chi connectivity index (χ4n) is 13.1. The fraction of sp³-hybridized carbons (Fsp3) is 0. The monoisotopic (exact) mass is 959 g/mol. The lowest BCUT2D eigenvalue weighted by Crippen LogP contribution is -2.04. The summed E-state index contributed by atoms with van der Waals surface area (Å²) in [5.41, 5.74) is 10.9. The van der Waals surface area contributed by atoms with Crippen molar-refractivity contribution in [3.63, 3.8) is 0 Å². The van der Waals surface area contributed by atoms with Crippen LogP contribution in [0.25, 0.3) is 164 Å². The summed E-state index contributed by atoms with van der Waals surface area (Å²) in [7, 11) is 0. The topological polar surface area (TPSA) is 12.9 Å². The van der Waals surface area contributed by atoms with E-state index in [2.05, 4.69) is 273 Å². The molecule has 1 nitrogen and oxygen atoms in total. The molecule has 350 valence electrons. The fourth-order valence-corrected chi connectivity index (χ4v) is 13.1. The van der Waals surface area contributed by atoms with Gasteiger partial charge in [-0.1, -0.05) is 243 Å². The van der Waals surface area contributed by atoms with Crippen molar-refractivity contribution in [2.24, 2.45) is 0 Å². The second-order valence-corrected chi connectivity index (χ2v) is 20.4. The van der Waals surface area contributed by atoms with Gasteiger partial charge in [-0.05, 0) is 155 Å². The third-order valence-electron chi connectivity index (χ3n) is 16.4. The van der Waals surface area contributed by atoms with Crippen LogP contribution in [0, 0.1) is 0 Å². The summed E-state index contributed by atoms with van der Waals surface area (Å²) in [6.07, 6.45) is 0. The zero-order valence-corrected chi connectivity index (χ0v) is 41.4. The number of pyridine rings is 1. The Hall–Kier alpha value is -9.95. The van der Waals surface area contributed by atoms with Crippen molar-refractivity contribution >= 4 is 108 Å². The van der Waals surface area contributed by atoms with E-state index in [0.717, 1.165) is 66.7 Å². The zero-order chi connectivity index (χ0) is 49.8. The van der Waals surface area contributed by atoms with E-state index < -0.39 is 0 Å². The Kier molecular flexibility index (Phi) is 9.40. The summed E-state index contributed by atoms with van der Waals surface area (Å²) in [5, 5.41) is 23.9. The predicted molar refractivity (Wildman–Crippen MR) is 326 cm³/mol. The van der Waals surface area contributed by atoms with Crippen molar-refractivity contribution in [2.75, 3.05) is 0 Å². The van der Waals surface area contributed by atoms with Crippen LogP contribution >= 0.6 is 0 Å². The predicted octanol–water partition coefficient (Wildman–Crippen LogP) is 20.9. The molecule has 0 fully saturated rings. The molecule has 1 heteroatoms. The average Bonchev–Trinajstić information content (AvgIpc) is 3.57. The van der Waals surface area contributed by atoms with Gasteiger partial charge in [0.1, 0.15) is 0 Å². The van der Waals surface area contributed by atoms with Gasteiger partial charge in [-0.3, -0.25) is 0 Å². The van der Waals surface area contributed by atoms with Crippen LogP contribution in [0.2, 0.25) is 0 Å². The smallest absolute Gasteiger partial charge is 0.0801 e. The highest BCUT2D eigenvalue weighted by Crippen LogP contribution is 2.56. The van der Waals surface area contributed by atoms with Crippen LogP contribution in [0.5, 0.6) is 0 Å². The second kappa shape index (κ2) is 16.8. The minimum Gasteiger partial charge on any atom is -0.246 e. The zero-order valence-electron chi connectivity index (χ0n) is 41.4. The lowest BCUT2D eigenvalue weighted by molar-refractivity contribution is 1.34. The van der Waals surface area contributed by atoms with Crippen LogP contribution < -0.4 is 0 Å². The van der Waals surface area contributed by atoms with E-state index in [1.165, 1.54) is 97.0 Å². The van der Waals surface area contributed by atoms with Gasteiger partial charge in [0.05, 0.1) is 11.4 Å². The van der Waals surface area contributed by atoms with Crippen molar-refractivity contribution in [1.29, 1.82) is 0 Å². The lowest BCUT2D eigenvalue weighted by atomic mass is 9.78. The summed E-state index contributed by atoms with van der Waals surface area (Å²) in [6, 6.07) is 102. The van der Waals surface area contributed by atoms with Crippen LogP contribution in [0.15, 0.2) is 273 Å². The molecular weight excluding hydrogens is 915 g/mol. The van der Waals surface area contributed by atoms with Gasteiger partial charge < -0.3 is 0 Å².